The first-order valence-corrected chi connectivity index (χ1v) is 9.59. The highest BCUT2D eigenvalue weighted by molar-refractivity contribution is 7.92. The molecule has 0 saturated heterocycles. The summed E-state index contributed by atoms with van der Waals surface area (Å²) in [5.74, 6) is 1.29. The fourth-order valence-electron chi connectivity index (χ4n) is 3.64. The second-order valence-corrected chi connectivity index (χ2v) is 9.39. The molecule has 2 unspecified atom stereocenters. The molecule has 3 nitrogen and oxygen atoms in total. The highest BCUT2D eigenvalue weighted by Gasteiger charge is 2.58. The largest absolute Gasteiger partial charge is 0.395 e. The van der Waals surface area contributed by atoms with Gasteiger partial charge in [-0.15, -0.1) is 11.3 Å². The number of sulfone groups is 1. The number of aliphatic hydroxyl groups excluding tert-OH is 1. The Morgan fingerprint density at radius 1 is 1.37 bits per heavy atom. The van der Waals surface area contributed by atoms with Gasteiger partial charge in [-0.05, 0) is 30.4 Å². The monoisotopic (exact) mass is 300 g/mol. The van der Waals surface area contributed by atoms with Crippen molar-refractivity contribution in [2.45, 2.75) is 41.7 Å². The van der Waals surface area contributed by atoms with Crippen LogP contribution >= 0.6 is 11.3 Å². The second kappa shape index (κ2) is 4.57. The van der Waals surface area contributed by atoms with Gasteiger partial charge in [-0.25, -0.2) is 8.42 Å². The summed E-state index contributed by atoms with van der Waals surface area (Å²) >= 11 is 1.35. The third-order valence-electron chi connectivity index (χ3n) is 4.82. The summed E-state index contributed by atoms with van der Waals surface area (Å²) in [6, 6.07) is 3.60. The van der Waals surface area contributed by atoms with E-state index in [-0.39, 0.29) is 12.0 Å². The Morgan fingerprint density at radius 3 is 2.58 bits per heavy atom. The van der Waals surface area contributed by atoms with Gasteiger partial charge >= 0.3 is 0 Å². The van der Waals surface area contributed by atoms with Gasteiger partial charge in [-0.1, -0.05) is 25.7 Å². The summed E-state index contributed by atoms with van der Waals surface area (Å²) < 4.78 is 23.6. The lowest BCUT2D eigenvalue weighted by molar-refractivity contribution is 0.235. The van der Waals surface area contributed by atoms with Gasteiger partial charge < -0.3 is 5.11 Å². The minimum absolute atomic E-state index is 0.136. The quantitative estimate of drug-likeness (QED) is 0.930. The van der Waals surface area contributed by atoms with E-state index in [0.717, 1.165) is 17.2 Å². The first-order valence-electron chi connectivity index (χ1n) is 6.88. The Kier molecular flexibility index (Phi) is 3.27. The van der Waals surface area contributed by atoms with Crippen molar-refractivity contribution >= 4 is 21.2 Å². The Labute approximate surface area is 118 Å². The molecule has 0 aliphatic heterocycles. The SMILES string of the molecule is CS(=O)(=O)c1ccc(C2(CO)CC2C2CCCC2)s1. The molecule has 3 rings (SSSR count). The van der Waals surface area contributed by atoms with Gasteiger partial charge in [0.1, 0.15) is 4.21 Å². The molecule has 2 aliphatic carbocycles. The van der Waals surface area contributed by atoms with Crippen molar-refractivity contribution in [3.05, 3.63) is 17.0 Å². The third kappa shape index (κ3) is 2.26. The van der Waals surface area contributed by atoms with Crippen molar-refractivity contribution in [1.82, 2.24) is 0 Å². The van der Waals surface area contributed by atoms with Crippen LogP contribution in [0.25, 0.3) is 0 Å². The van der Waals surface area contributed by atoms with E-state index < -0.39 is 9.84 Å². The Morgan fingerprint density at radius 2 is 2.05 bits per heavy atom. The van der Waals surface area contributed by atoms with Gasteiger partial charge in [0.2, 0.25) is 0 Å². The van der Waals surface area contributed by atoms with Gasteiger partial charge in [0.15, 0.2) is 9.84 Å². The van der Waals surface area contributed by atoms with E-state index in [0.29, 0.717) is 10.1 Å². The molecule has 2 fully saturated rings. The maximum absolute atomic E-state index is 11.6. The van der Waals surface area contributed by atoms with Gasteiger partial charge in [-0.2, -0.15) is 0 Å². The summed E-state index contributed by atoms with van der Waals surface area (Å²) in [5.41, 5.74) is -0.136. The zero-order valence-electron chi connectivity index (χ0n) is 11.1. The van der Waals surface area contributed by atoms with Crippen molar-refractivity contribution in [3.63, 3.8) is 0 Å². The van der Waals surface area contributed by atoms with E-state index in [1.165, 1.54) is 43.3 Å². The van der Waals surface area contributed by atoms with Crippen molar-refractivity contribution in [3.8, 4) is 0 Å². The number of thiophene rings is 1. The van der Waals surface area contributed by atoms with Crippen LogP contribution in [0.15, 0.2) is 16.3 Å². The lowest BCUT2D eigenvalue weighted by Crippen LogP contribution is -2.17. The summed E-state index contributed by atoms with van der Waals surface area (Å²) in [6.07, 6.45) is 7.43. The fourth-order valence-corrected chi connectivity index (χ4v) is 5.82. The molecular weight excluding hydrogens is 280 g/mol. The number of hydrogen-bond acceptors (Lipinski definition) is 4. The van der Waals surface area contributed by atoms with E-state index in [9.17, 15) is 13.5 Å². The van der Waals surface area contributed by atoms with Crippen LogP contribution in [0.4, 0.5) is 0 Å². The van der Waals surface area contributed by atoms with Crippen LogP contribution in [-0.4, -0.2) is 26.4 Å². The van der Waals surface area contributed by atoms with E-state index in [2.05, 4.69) is 0 Å². The fraction of sp³-hybridized carbons (Fsp3) is 0.714. The molecule has 5 heteroatoms. The van der Waals surface area contributed by atoms with E-state index in [1.807, 2.05) is 6.07 Å². The molecule has 1 aromatic heterocycles. The van der Waals surface area contributed by atoms with Crippen molar-refractivity contribution in [2.24, 2.45) is 11.8 Å². The molecule has 1 heterocycles. The number of aliphatic hydroxyl groups is 1. The van der Waals surface area contributed by atoms with Crippen LogP contribution in [0.1, 0.15) is 37.0 Å². The molecule has 1 N–H and O–H groups in total. The minimum Gasteiger partial charge on any atom is -0.395 e. The zero-order valence-corrected chi connectivity index (χ0v) is 12.8. The Balaban J connectivity index is 1.86. The average molecular weight is 300 g/mol. The normalized spacial score (nSPS) is 31.8. The molecule has 2 atom stereocenters. The van der Waals surface area contributed by atoms with E-state index >= 15 is 0 Å². The van der Waals surface area contributed by atoms with Crippen LogP contribution < -0.4 is 0 Å². The van der Waals surface area contributed by atoms with Gasteiger partial charge in [0, 0.05) is 16.5 Å². The highest BCUT2D eigenvalue weighted by Crippen LogP contribution is 2.61. The van der Waals surface area contributed by atoms with E-state index in [4.69, 9.17) is 0 Å². The van der Waals surface area contributed by atoms with Crippen LogP contribution in [0.5, 0.6) is 0 Å². The Hall–Kier alpha value is -0.390. The van der Waals surface area contributed by atoms with E-state index in [1.54, 1.807) is 6.07 Å². The van der Waals surface area contributed by atoms with Gasteiger partial charge in [0.25, 0.3) is 0 Å². The van der Waals surface area contributed by atoms with Crippen LogP contribution in [0.2, 0.25) is 0 Å². The maximum atomic E-state index is 11.6. The predicted molar refractivity (Wildman–Crippen MR) is 76.3 cm³/mol. The molecule has 0 spiro atoms. The first kappa shape index (κ1) is 13.6. The molecule has 19 heavy (non-hydrogen) atoms. The summed E-state index contributed by atoms with van der Waals surface area (Å²) in [5, 5.41) is 9.81. The van der Waals surface area contributed by atoms with Crippen LogP contribution in [0.3, 0.4) is 0 Å². The number of hydrogen-bond donors (Lipinski definition) is 1. The molecule has 0 aromatic carbocycles. The smallest absolute Gasteiger partial charge is 0.184 e. The molecule has 2 aliphatic rings. The van der Waals surface area contributed by atoms with Gasteiger partial charge in [0.05, 0.1) is 6.61 Å². The van der Waals surface area contributed by atoms with Crippen molar-refractivity contribution in [1.29, 1.82) is 0 Å². The highest BCUT2D eigenvalue weighted by atomic mass is 32.2. The lowest BCUT2D eigenvalue weighted by Gasteiger charge is -2.16. The summed E-state index contributed by atoms with van der Waals surface area (Å²) in [7, 11) is -3.12. The summed E-state index contributed by atoms with van der Waals surface area (Å²) in [6.45, 7) is 0.151. The van der Waals surface area contributed by atoms with Gasteiger partial charge in [-0.3, -0.25) is 0 Å². The minimum atomic E-state index is -3.12. The average Bonchev–Trinajstić information content (AvgIpc) is 2.79. The topological polar surface area (TPSA) is 54.4 Å². The standard InChI is InChI=1S/C14H20O3S2/c1-19(16,17)13-7-6-12(18-13)14(9-15)8-11(14)10-4-2-3-5-10/h6-7,10-11,15H,2-5,8-9H2,1H3. The summed E-state index contributed by atoms with van der Waals surface area (Å²) in [4.78, 5) is 1.06. The van der Waals surface area contributed by atoms with Crippen LogP contribution in [-0.2, 0) is 15.3 Å². The van der Waals surface area contributed by atoms with Crippen molar-refractivity contribution < 1.29 is 13.5 Å². The Bertz CT molecular complexity index is 569. The number of rotatable bonds is 4. The molecule has 106 valence electrons. The van der Waals surface area contributed by atoms with Crippen molar-refractivity contribution in [2.75, 3.05) is 12.9 Å². The molecule has 0 bridgehead atoms. The predicted octanol–water partition coefficient (Wildman–Crippen LogP) is 2.59. The molecular formula is C14H20O3S2. The second-order valence-electron chi connectivity index (χ2n) is 6.06. The van der Waals surface area contributed by atoms with Crippen LogP contribution in [0, 0.1) is 11.8 Å². The third-order valence-corrected chi connectivity index (χ3v) is 7.95. The lowest BCUT2D eigenvalue weighted by atomic mass is 9.93. The zero-order chi connectivity index (χ0) is 13.7. The molecule has 0 radical (unpaired) electrons. The molecule has 0 amide bonds. The molecule has 2 saturated carbocycles. The first-order chi connectivity index (χ1) is 8.97. The molecule has 1 aromatic rings. The maximum Gasteiger partial charge on any atom is 0.184 e.